The van der Waals surface area contributed by atoms with Gasteiger partial charge in [0.2, 0.25) is 0 Å². The highest BCUT2D eigenvalue weighted by molar-refractivity contribution is 9.10. The van der Waals surface area contributed by atoms with E-state index in [1.165, 1.54) is 5.56 Å². The summed E-state index contributed by atoms with van der Waals surface area (Å²) >= 11 is 9.19. The molecule has 2 heterocycles. The molecule has 0 unspecified atom stereocenters. The van der Waals surface area contributed by atoms with Crippen LogP contribution in [-0.4, -0.2) is 9.38 Å². The van der Waals surface area contributed by atoms with Crippen LogP contribution in [0.25, 0.3) is 5.52 Å². The smallest absolute Gasteiger partial charge is 0.183 e. The molecule has 62 valence electrons. The van der Waals surface area contributed by atoms with Crippen molar-refractivity contribution < 1.29 is 0 Å². The van der Waals surface area contributed by atoms with E-state index >= 15 is 0 Å². The summed E-state index contributed by atoms with van der Waals surface area (Å²) in [4.78, 5) is 4.08. The van der Waals surface area contributed by atoms with Gasteiger partial charge < -0.3 is 0 Å². The average Bonchev–Trinajstić information content (AvgIpc) is 2.28. The van der Waals surface area contributed by atoms with E-state index in [1.54, 1.807) is 0 Å². The predicted octanol–water partition coefficient (Wildman–Crippen LogP) is 3.06. The minimum Gasteiger partial charge on any atom is -0.293 e. The largest absolute Gasteiger partial charge is 0.293 e. The minimum absolute atomic E-state index is 0.530. The molecular formula is C8H6BrClN2. The number of aromatic nitrogens is 2. The fourth-order valence-corrected chi connectivity index (χ4v) is 1.93. The van der Waals surface area contributed by atoms with Gasteiger partial charge in [-0.3, -0.25) is 4.40 Å². The molecule has 0 atom stereocenters. The van der Waals surface area contributed by atoms with E-state index in [0.717, 1.165) is 10.3 Å². The zero-order valence-electron chi connectivity index (χ0n) is 6.38. The van der Waals surface area contributed by atoms with Crippen LogP contribution in [0.15, 0.2) is 23.1 Å². The molecule has 2 aromatic rings. The molecule has 12 heavy (non-hydrogen) atoms. The van der Waals surface area contributed by atoms with E-state index in [1.807, 2.05) is 29.7 Å². The lowest BCUT2D eigenvalue weighted by molar-refractivity contribution is 1.08. The molecule has 0 spiro atoms. The Morgan fingerprint density at radius 1 is 1.50 bits per heavy atom. The molecule has 0 aliphatic rings. The number of pyridine rings is 1. The topological polar surface area (TPSA) is 17.3 Å². The number of aryl methyl sites for hydroxylation is 1. The van der Waals surface area contributed by atoms with Gasteiger partial charge in [0.15, 0.2) is 9.89 Å². The summed E-state index contributed by atoms with van der Waals surface area (Å²) in [7, 11) is 0. The van der Waals surface area contributed by atoms with Crippen LogP contribution in [0, 0.1) is 6.92 Å². The van der Waals surface area contributed by atoms with Crippen molar-refractivity contribution in [1.82, 2.24) is 9.38 Å². The maximum atomic E-state index is 5.87. The molecule has 0 aromatic carbocycles. The van der Waals surface area contributed by atoms with Gasteiger partial charge >= 0.3 is 0 Å². The lowest BCUT2D eigenvalue weighted by Gasteiger charge is -1.96. The van der Waals surface area contributed by atoms with Crippen molar-refractivity contribution in [2.45, 2.75) is 6.92 Å². The van der Waals surface area contributed by atoms with Gasteiger partial charge in [-0.1, -0.05) is 17.7 Å². The van der Waals surface area contributed by atoms with E-state index in [4.69, 9.17) is 11.6 Å². The van der Waals surface area contributed by atoms with Crippen LogP contribution >= 0.6 is 27.5 Å². The van der Waals surface area contributed by atoms with Crippen molar-refractivity contribution >= 4 is 33.0 Å². The average molecular weight is 246 g/mol. The number of fused-ring (bicyclic) bond motifs is 1. The Labute approximate surface area is 83.3 Å². The van der Waals surface area contributed by atoms with Crippen molar-refractivity contribution in [1.29, 1.82) is 0 Å². The van der Waals surface area contributed by atoms with Gasteiger partial charge in [-0.05, 0) is 34.5 Å². The molecule has 0 radical (unpaired) electrons. The third-order valence-electron chi connectivity index (χ3n) is 1.70. The SMILES string of the molecule is Cc1ccc2c(Cl)nc(Br)n2c1. The van der Waals surface area contributed by atoms with Crippen molar-refractivity contribution in [3.8, 4) is 0 Å². The Balaban J connectivity index is 2.90. The third-order valence-corrected chi connectivity index (χ3v) is 2.53. The Morgan fingerprint density at radius 3 is 3.00 bits per heavy atom. The molecule has 0 saturated carbocycles. The Hall–Kier alpha value is -0.540. The maximum absolute atomic E-state index is 5.87. The van der Waals surface area contributed by atoms with E-state index in [-0.39, 0.29) is 0 Å². The van der Waals surface area contributed by atoms with Crippen molar-refractivity contribution in [2.75, 3.05) is 0 Å². The second kappa shape index (κ2) is 2.75. The van der Waals surface area contributed by atoms with Gasteiger partial charge in [0.05, 0.1) is 5.52 Å². The highest BCUT2D eigenvalue weighted by Gasteiger charge is 2.05. The first-order chi connectivity index (χ1) is 5.68. The monoisotopic (exact) mass is 244 g/mol. The van der Waals surface area contributed by atoms with Crippen LogP contribution < -0.4 is 0 Å². The summed E-state index contributed by atoms with van der Waals surface area (Å²) in [5.41, 5.74) is 2.10. The summed E-state index contributed by atoms with van der Waals surface area (Å²) < 4.78 is 2.66. The summed E-state index contributed by atoms with van der Waals surface area (Å²) in [6.45, 7) is 2.03. The van der Waals surface area contributed by atoms with Crippen LogP contribution in [0.1, 0.15) is 5.56 Å². The second-order valence-electron chi connectivity index (χ2n) is 2.63. The number of hydrogen-bond acceptors (Lipinski definition) is 1. The Kier molecular flexibility index (Phi) is 1.85. The number of halogens is 2. The van der Waals surface area contributed by atoms with Crippen molar-refractivity contribution in [2.24, 2.45) is 0 Å². The van der Waals surface area contributed by atoms with Crippen LogP contribution in [0.5, 0.6) is 0 Å². The second-order valence-corrected chi connectivity index (χ2v) is 3.70. The van der Waals surface area contributed by atoms with Gasteiger partial charge in [-0.2, -0.15) is 0 Å². The Morgan fingerprint density at radius 2 is 2.25 bits per heavy atom. The zero-order chi connectivity index (χ0) is 8.72. The van der Waals surface area contributed by atoms with Crippen molar-refractivity contribution in [3.63, 3.8) is 0 Å². The van der Waals surface area contributed by atoms with Crippen molar-refractivity contribution in [3.05, 3.63) is 33.8 Å². The normalized spacial score (nSPS) is 10.9. The molecule has 0 amide bonds. The number of hydrogen-bond donors (Lipinski definition) is 0. The molecule has 2 rings (SSSR count). The lowest BCUT2D eigenvalue weighted by Crippen LogP contribution is -1.84. The predicted molar refractivity (Wildman–Crippen MR) is 52.6 cm³/mol. The number of imidazole rings is 1. The summed E-state index contributed by atoms with van der Waals surface area (Å²) in [5.74, 6) is 0. The quantitative estimate of drug-likeness (QED) is 0.697. The van der Waals surface area contributed by atoms with Crippen LogP contribution in [0.3, 0.4) is 0 Å². The molecule has 0 aliphatic heterocycles. The molecule has 0 N–H and O–H groups in total. The highest BCUT2D eigenvalue weighted by Crippen LogP contribution is 2.21. The van der Waals surface area contributed by atoms with Crippen LogP contribution in [0.4, 0.5) is 0 Å². The molecular weight excluding hydrogens is 239 g/mol. The van der Waals surface area contributed by atoms with Gasteiger partial charge in [0, 0.05) is 6.20 Å². The lowest BCUT2D eigenvalue weighted by atomic mass is 10.3. The Bertz CT molecular complexity index is 436. The van der Waals surface area contributed by atoms with E-state index < -0.39 is 0 Å². The van der Waals surface area contributed by atoms with Gasteiger partial charge in [0.25, 0.3) is 0 Å². The summed E-state index contributed by atoms with van der Waals surface area (Å²) in [6, 6.07) is 3.96. The first-order valence-corrected chi connectivity index (χ1v) is 4.65. The van der Waals surface area contributed by atoms with Crippen LogP contribution in [-0.2, 0) is 0 Å². The minimum atomic E-state index is 0.530. The zero-order valence-corrected chi connectivity index (χ0v) is 8.72. The van der Waals surface area contributed by atoms with E-state index in [9.17, 15) is 0 Å². The summed E-state index contributed by atoms with van der Waals surface area (Å²) in [6.07, 6.45) is 1.98. The number of nitrogens with zero attached hydrogens (tertiary/aromatic N) is 2. The van der Waals surface area contributed by atoms with Crippen LogP contribution in [0.2, 0.25) is 5.15 Å². The fraction of sp³-hybridized carbons (Fsp3) is 0.125. The third kappa shape index (κ3) is 1.13. The molecule has 0 fully saturated rings. The maximum Gasteiger partial charge on any atom is 0.183 e. The van der Waals surface area contributed by atoms with Gasteiger partial charge in [-0.25, -0.2) is 4.98 Å². The van der Waals surface area contributed by atoms with E-state index in [0.29, 0.717) is 5.15 Å². The molecule has 0 bridgehead atoms. The summed E-state index contributed by atoms with van der Waals surface area (Å²) in [5, 5.41) is 0.530. The molecule has 2 aromatic heterocycles. The molecule has 4 heteroatoms. The molecule has 2 nitrogen and oxygen atoms in total. The fourth-order valence-electron chi connectivity index (χ4n) is 1.12. The standard InChI is InChI=1S/C8H6BrClN2/c1-5-2-3-6-7(10)11-8(9)12(6)4-5/h2-4H,1H3. The first-order valence-electron chi connectivity index (χ1n) is 3.48. The van der Waals surface area contributed by atoms with E-state index in [2.05, 4.69) is 20.9 Å². The first kappa shape index (κ1) is 8.08. The van der Waals surface area contributed by atoms with Gasteiger partial charge in [0.1, 0.15) is 0 Å². The molecule has 0 aliphatic carbocycles. The van der Waals surface area contributed by atoms with Gasteiger partial charge in [-0.15, -0.1) is 0 Å². The molecule has 0 saturated heterocycles. The number of rotatable bonds is 0. The highest BCUT2D eigenvalue weighted by atomic mass is 79.9.